The molecule has 0 bridgehead atoms. The number of amides is 1. The molecule has 0 spiro atoms. The van der Waals surface area contributed by atoms with Crippen LogP contribution in [0, 0.1) is 17.3 Å². The van der Waals surface area contributed by atoms with E-state index in [1.165, 1.54) is 0 Å². The number of hydrogen-bond donors (Lipinski definition) is 1. The molecule has 1 atom stereocenters. The minimum Gasteiger partial charge on any atom is -0.341 e. The summed E-state index contributed by atoms with van der Waals surface area (Å²) in [7, 11) is 0. The molecule has 0 aromatic heterocycles. The monoisotopic (exact) mass is 240 g/mol. The summed E-state index contributed by atoms with van der Waals surface area (Å²) in [5, 5.41) is 0. The lowest BCUT2D eigenvalue weighted by atomic mass is 9.75. The molecule has 1 heterocycles. The van der Waals surface area contributed by atoms with E-state index in [-0.39, 0.29) is 17.9 Å². The van der Waals surface area contributed by atoms with E-state index in [9.17, 15) is 4.79 Å². The Bertz CT molecular complexity index is 260. The highest BCUT2D eigenvalue weighted by Gasteiger charge is 2.32. The molecule has 0 aromatic carbocycles. The number of hydrogen-bond acceptors (Lipinski definition) is 2. The summed E-state index contributed by atoms with van der Waals surface area (Å²) in [6.45, 7) is 12.6. The van der Waals surface area contributed by atoms with Gasteiger partial charge in [-0.1, -0.05) is 34.6 Å². The highest BCUT2D eigenvalue weighted by atomic mass is 16.2. The lowest BCUT2D eigenvalue weighted by Crippen LogP contribution is -2.50. The molecule has 3 nitrogen and oxygen atoms in total. The molecule has 0 radical (unpaired) electrons. The van der Waals surface area contributed by atoms with Gasteiger partial charge in [-0.3, -0.25) is 4.79 Å². The van der Waals surface area contributed by atoms with Crippen LogP contribution in [-0.2, 0) is 4.79 Å². The van der Waals surface area contributed by atoms with Gasteiger partial charge in [-0.15, -0.1) is 0 Å². The summed E-state index contributed by atoms with van der Waals surface area (Å²) in [4.78, 5) is 14.0. The topological polar surface area (TPSA) is 46.3 Å². The number of likely N-dealkylation sites (tertiary alicyclic amines) is 1. The summed E-state index contributed by atoms with van der Waals surface area (Å²) in [6.07, 6.45) is 2.22. The van der Waals surface area contributed by atoms with Gasteiger partial charge in [-0.25, -0.2) is 0 Å². The van der Waals surface area contributed by atoms with E-state index in [1.54, 1.807) is 0 Å². The van der Waals surface area contributed by atoms with Gasteiger partial charge in [-0.05, 0) is 30.1 Å². The predicted octanol–water partition coefficient (Wildman–Crippen LogP) is 2.25. The molecule has 2 N–H and O–H groups in total. The van der Waals surface area contributed by atoms with E-state index < -0.39 is 0 Å². The second kappa shape index (κ2) is 5.38. The lowest BCUT2D eigenvalue weighted by Gasteiger charge is -2.39. The second-order valence-corrected chi connectivity index (χ2v) is 6.74. The smallest absolute Gasteiger partial charge is 0.239 e. The fourth-order valence-corrected chi connectivity index (χ4v) is 2.46. The number of rotatable bonds is 2. The first-order valence-electron chi connectivity index (χ1n) is 6.78. The zero-order valence-corrected chi connectivity index (χ0v) is 12.0. The summed E-state index contributed by atoms with van der Waals surface area (Å²) < 4.78 is 0. The summed E-state index contributed by atoms with van der Waals surface area (Å²) in [5.41, 5.74) is 6.28. The van der Waals surface area contributed by atoms with Gasteiger partial charge in [0.15, 0.2) is 0 Å². The van der Waals surface area contributed by atoms with Crippen LogP contribution in [0.4, 0.5) is 0 Å². The fraction of sp³-hybridized carbons (Fsp3) is 0.929. The first-order valence-corrected chi connectivity index (χ1v) is 6.78. The minimum atomic E-state index is -0.332. The SMILES string of the molecule is CC(C)C(N)C(=O)N1CCC(C(C)(C)C)CC1. The summed E-state index contributed by atoms with van der Waals surface area (Å²) in [5.74, 6) is 1.08. The third kappa shape index (κ3) is 3.70. The highest BCUT2D eigenvalue weighted by molar-refractivity contribution is 5.82. The van der Waals surface area contributed by atoms with E-state index in [0.717, 1.165) is 31.8 Å². The van der Waals surface area contributed by atoms with Gasteiger partial charge in [0, 0.05) is 13.1 Å². The molecule has 1 aliphatic heterocycles. The average molecular weight is 240 g/mol. The fourth-order valence-electron chi connectivity index (χ4n) is 2.46. The van der Waals surface area contributed by atoms with Gasteiger partial charge in [0.1, 0.15) is 0 Å². The van der Waals surface area contributed by atoms with Crippen molar-refractivity contribution >= 4 is 5.91 Å². The van der Waals surface area contributed by atoms with E-state index >= 15 is 0 Å². The standard InChI is InChI=1S/C14H28N2O/c1-10(2)12(15)13(17)16-8-6-11(7-9-16)14(3,4)5/h10-12H,6-9,15H2,1-5H3. The Morgan fingerprint density at radius 2 is 1.71 bits per heavy atom. The number of nitrogens with zero attached hydrogens (tertiary/aromatic N) is 1. The Balaban J connectivity index is 2.50. The van der Waals surface area contributed by atoms with E-state index in [4.69, 9.17) is 5.73 Å². The number of carbonyl (C=O) groups excluding carboxylic acids is 1. The highest BCUT2D eigenvalue weighted by Crippen LogP contribution is 2.34. The Hall–Kier alpha value is -0.570. The first kappa shape index (κ1) is 14.5. The van der Waals surface area contributed by atoms with E-state index in [0.29, 0.717) is 5.41 Å². The Morgan fingerprint density at radius 3 is 2.06 bits per heavy atom. The molecule has 1 rings (SSSR count). The second-order valence-electron chi connectivity index (χ2n) is 6.74. The third-order valence-corrected chi connectivity index (χ3v) is 4.03. The molecule has 0 saturated carbocycles. The van der Waals surface area contributed by atoms with Crippen LogP contribution in [-0.4, -0.2) is 29.9 Å². The molecule has 1 amide bonds. The Kier molecular flexibility index (Phi) is 4.59. The van der Waals surface area contributed by atoms with Crippen LogP contribution < -0.4 is 5.73 Å². The van der Waals surface area contributed by atoms with Gasteiger partial charge in [-0.2, -0.15) is 0 Å². The number of carbonyl (C=O) groups is 1. The molecule has 0 aliphatic carbocycles. The molecule has 1 saturated heterocycles. The van der Waals surface area contributed by atoms with Crippen LogP contribution in [0.1, 0.15) is 47.5 Å². The third-order valence-electron chi connectivity index (χ3n) is 4.03. The van der Waals surface area contributed by atoms with Crippen molar-refractivity contribution in [1.82, 2.24) is 4.90 Å². The largest absolute Gasteiger partial charge is 0.341 e. The van der Waals surface area contributed by atoms with Crippen LogP contribution in [0.2, 0.25) is 0 Å². The molecular weight excluding hydrogens is 212 g/mol. The maximum atomic E-state index is 12.1. The van der Waals surface area contributed by atoms with Crippen molar-refractivity contribution in [2.75, 3.05) is 13.1 Å². The van der Waals surface area contributed by atoms with Crippen LogP contribution >= 0.6 is 0 Å². The van der Waals surface area contributed by atoms with Gasteiger partial charge < -0.3 is 10.6 Å². The van der Waals surface area contributed by atoms with Crippen LogP contribution in [0.3, 0.4) is 0 Å². The molecule has 3 heteroatoms. The maximum Gasteiger partial charge on any atom is 0.239 e. The van der Waals surface area contributed by atoms with Crippen molar-refractivity contribution in [3.8, 4) is 0 Å². The lowest BCUT2D eigenvalue weighted by molar-refractivity contribution is -0.135. The molecule has 1 fully saturated rings. The van der Waals surface area contributed by atoms with E-state index in [1.807, 2.05) is 18.7 Å². The molecule has 1 unspecified atom stereocenters. The van der Waals surface area contributed by atoms with Crippen LogP contribution in [0.25, 0.3) is 0 Å². The van der Waals surface area contributed by atoms with Gasteiger partial charge >= 0.3 is 0 Å². The molecule has 17 heavy (non-hydrogen) atoms. The summed E-state index contributed by atoms with van der Waals surface area (Å²) >= 11 is 0. The first-order chi connectivity index (χ1) is 7.73. The quantitative estimate of drug-likeness (QED) is 0.804. The van der Waals surface area contributed by atoms with Crippen LogP contribution in [0.15, 0.2) is 0 Å². The van der Waals surface area contributed by atoms with Crippen molar-refractivity contribution in [3.05, 3.63) is 0 Å². The van der Waals surface area contributed by atoms with Crippen molar-refractivity contribution in [2.24, 2.45) is 23.0 Å². The number of piperidine rings is 1. The maximum absolute atomic E-state index is 12.1. The van der Waals surface area contributed by atoms with Crippen molar-refractivity contribution < 1.29 is 4.79 Å². The predicted molar refractivity (Wildman–Crippen MR) is 71.6 cm³/mol. The van der Waals surface area contributed by atoms with Crippen molar-refractivity contribution in [2.45, 2.75) is 53.5 Å². The van der Waals surface area contributed by atoms with Crippen molar-refractivity contribution in [3.63, 3.8) is 0 Å². The zero-order chi connectivity index (χ0) is 13.2. The molecule has 1 aliphatic rings. The molecule has 100 valence electrons. The van der Waals surface area contributed by atoms with E-state index in [2.05, 4.69) is 20.8 Å². The Morgan fingerprint density at radius 1 is 1.24 bits per heavy atom. The molecular formula is C14H28N2O. The normalized spacial score (nSPS) is 20.8. The van der Waals surface area contributed by atoms with Crippen molar-refractivity contribution in [1.29, 1.82) is 0 Å². The Labute approximate surface area is 106 Å². The average Bonchev–Trinajstić information content (AvgIpc) is 2.26. The van der Waals surface area contributed by atoms with Gasteiger partial charge in [0.2, 0.25) is 5.91 Å². The molecule has 0 aromatic rings. The van der Waals surface area contributed by atoms with Gasteiger partial charge in [0.05, 0.1) is 6.04 Å². The number of nitrogens with two attached hydrogens (primary N) is 1. The minimum absolute atomic E-state index is 0.132. The zero-order valence-electron chi connectivity index (χ0n) is 12.0. The van der Waals surface area contributed by atoms with Gasteiger partial charge in [0.25, 0.3) is 0 Å². The van der Waals surface area contributed by atoms with Crippen LogP contribution in [0.5, 0.6) is 0 Å². The summed E-state index contributed by atoms with van der Waals surface area (Å²) in [6, 6.07) is -0.332.